The predicted molar refractivity (Wildman–Crippen MR) is 178 cm³/mol. The molecule has 0 aliphatic heterocycles. The summed E-state index contributed by atoms with van der Waals surface area (Å²) >= 11 is 0. The number of rotatable bonds is 10. The molecule has 0 bridgehead atoms. The van der Waals surface area contributed by atoms with Crippen LogP contribution in [0, 0.1) is 0 Å². The van der Waals surface area contributed by atoms with Crippen LogP contribution in [0.25, 0.3) is 34.2 Å². The maximum absolute atomic E-state index is 12.2. The van der Waals surface area contributed by atoms with Crippen molar-refractivity contribution in [3.05, 3.63) is 126 Å². The second-order valence-electron chi connectivity index (χ2n) is 10.3. The third-order valence-corrected chi connectivity index (χ3v) is 7.00. The number of nitrogens with zero attached hydrogens (tertiary/aromatic N) is 5. The van der Waals surface area contributed by atoms with Crippen LogP contribution in [0.4, 0.5) is 15.9 Å². The number of carbonyl (C=O) groups is 2. The normalized spacial score (nSPS) is 11.6. The Morgan fingerprint density at radius 2 is 1.06 bits per heavy atom. The van der Waals surface area contributed by atoms with Crippen molar-refractivity contribution < 1.29 is 34.4 Å². The second-order valence-corrected chi connectivity index (χ2v) is 10.3. The molecule has 248 valence electrons. The molecular weight excluding hydrogens is 637 g/mol. The van der Waals surface area contributed by atoms with E-state index in [2.05, 4.69) is 14.9 Å². The van der Waals surface area contributed by atoms with E-state index in [1.165, 1.54) is 36.7 Å². The highest BCUT2D eigenvalue weighted by atomic mass is 19.3. The largest absolute Gasteiger partial charge is 0.507 e. The summed E-state index contributed by atoms with van der Waals surface area (Å²) in [6.45, 7) is 0. The quantitative estimate of drug-likeness (QED) is 0.0830. The van der Waals surface area contributed by atoms with Gasteiger partial charge in [-0.25, -0.2) is 41.2 Å². The highest BCUT2D eigenvalue weighted by Gasteiger charge is 2.16. The van der Waals surface area contributed by atoms with E-state index in [1.54, 1.807) is 54.6 Å². The van der Waals surface area contributed by atoms with Crippen LogP contribution in [0.2, 0.25) is 0 Å². The van der Waals surface area contributed by atoms with Crippen molar-refractivity contribution in [2.24, 2.45) is 23.2 Å². The summed E-state index contributed by atoms with van der Waals surface area (Å²) in [7, 11) is 0. The molecule has 0 saturated carbocycles. The summed E-state index contributed by atoms with van der Waals surface area (Å²) in [5.74, 6) is 8.55. The number of carboxylic acid groups (broad SMARTS) is 1. The molecule has 3 heterocycles. The molecule has 49 heavy (non-hydrogen) atoms. The van der Waals surface area contributed by atoms with Crippen LogP contribution in [0.5, 0.6) is 11.5 Å². The number of hydrogen-bond donors (Lipinski definition) is 7. The van der Waals surface area contributed by atoms with Crippen LogP contribution >= 0.6 is 0 Å². The number of aromatic hydroxyl groups is 2. The summed E-state index contributed by atoms with van der Waals surface area (Å²) < 4.78 is 12.2. The maximum Gasteiger partial charge on any atom is 0.383 e. The van der Waals surface area contributed by atoms with Crippen molar-refractivity contribution in [1.82, 2.24) is 15.0 Å². The number of hydrazine groups is 2. The van der Waals surface area contributed by atoms with Gasteiger partial charge in [-0.1, -0.05) is 18.2 Å². The van der Waals surface area contributed by atoms with Gasteiger partial charge in [0.05, 0.1) is 56.9 Å². The fourth-order valence-electron chi connectivity index (χ4n) is 4.53. The molecule has 0 aliphatic carbocycles. The topological polar surface area (TPSA) is 253 Å². The zero-order chi connectivity index (χ0) is 35.2. The van der Waals surface area contributed by atoms with Crippen molar-refractivity contribution in [2.75, 3.05) is 10.0 Å². The van der Waals surface area contributed by atoms with Crippen molar-refractivity contribution in [3.63, 3.8) is 0 Å². The van der Waals surface area contributed by atoms with Gasteiger partial charge in [0.25, 0.3) is 0 Å². The molecule has 0 saturated heterocycles. The van der Waals surface area contributed by atoms with E-state index in [1.807, 2.05) is 0 Å². The minimum atomic E-state index is -1.35. The molecule has 0 radical (unpaired) electrons. The minimum Gasteiger partial charge on any atom is -0.507 e. The van der Waals surface area contributed by atoms with E-state index in [-0.39, 0.29) is 33.9 Å². The number of aromatic nitrogens is 3. The number of pyridine rings is 3. The first-order valence-corrected chi connectivity index (χ1v) is 14.1. The molecule has 11 N–H and O–H groups in total. The first-order valence-electron chi connectivity index (χ1n) is 14.1. The SMILES string of the molecule is N/C(=C\N(N)c1ccc(C(=O)O)c(O)c1)c1cccc(-c2cccc(-c3cccc(/C(N)=C/N(N)c4ccc(C(=O)OF)c(O)c4)n3)n2)n1. The molecule has 16 heteroatoms. The smallest absolute Gasteiger partial charge is 0.383 e. The van der Waals surface area contributed by atoms with E-state index in [0.29, 0.717) is 34.2 Å². The Bertz CT molecular complexity index is 2120. The molecule has 0 fully saturated rings. The number of carbonyl (C=O) groups excluding carboxylic acids is 1. The van der Waals surface area contributed by atoms with E-state index in [4.69, 9.17) is 33.2 Å². The molecule has 2 aromatic carbocycles. The molecule has 0 amide bonds. The van der Waals surface area contributed by atoms with Gasteiger partial charge < -0.3 is 26.8 Å². The number of nitrogens with two attached hydrogens (primary N) is 4. The lowest BCUT2D eigenvalue weighted by Crippen LogP contribution is -2.26. The van der Waals surface area contributed by atoms with Gasteiger partial charge in [0.1, 0.15) is 22.6 Å². The summed E-state index contributed by atoms with van der Waals surface area (Å²) in [6, 6.07) is 23.1. The molecule has 0 unspecified atom stereocenters. The maximum atomic E-state index is 12.2. The molecule has 5 rings (SSSR count). The number of benzene rings is 2. The van der Waals surface area contributed by atoms with Gasteiger partial charge >= 0.3 is 11.9 Å². The van der Waals surface area contributed by atoms with Gasteiger partial charge in [-0.3, -0.25) is 10.0 Å². The number of anilines is 2. The van der Waals surface area contributed by atoms with Gasteiger partial charge in [0.2, 0.25) is 0 Å². The average molecular weight is 666 g/mol. The second kappa shape index (κ2) is 14.2. The zero-order valence-corrected chi connectivity index (χ0v) is 25.3. The number of phenols is 2. The number of phenolic OH excluding ortho intramolecular Hbond substituents is 1. The van der Waals surface area contributed by atoms with Crippen molar-refractivity contribution in [1.29, 1.82) is 0 Å². The van der Waals surface area contributed by atoms with Crippen LogP contribution in [0.3, 0.4) is 0 Å². The Labute approximate surface area is 277 Å². The molecule has 3 aromatic heterocycles. The van der Waals surface area contributed by atoms with Crippen molar-refractivity contribution >= 4 is 34.7 Å². The summed E-state index contributed by atoms with van der Waals surface area (Å²) in [5.41, 5.74) is 15.5. The Balaban J connectivity index is 1.36. The van der Waals surface area contributed by atoms with Crippen LogP contribution in [-0.2, 0) is 4.94 Å². The molecule has 0 aliphatic rings. The third kappa shape index (κ3) is 7.51. The third-order valence-electron chi connectivity index (χ3n) is 7.00. The van der Waals surface area contributed by atoms with Gasteiger partial charge in [0, 0.05) is 29.1 Å². The van der Waals surface area contributed by atoms with Crippen LogP contribution in [0.1, 0.15) is 32.1 Å². The van der Waals surface area contributed by atoms with Gasteiger partial charge in [-0.2, -0.15) is 0 Å². The molecule has 5 aromatic rings. The van der Waals surface area contributed by atoms with Crippen LogP contribution < -0.4 is 33.2 Å². The zero-order valence-electron chi connectivity index (χ0n) is 25.3. The standard InChI is InChI=1S/C33H28FN9O6/c34-49-33(48)21-13-11-19(15-31(21)45)43(38)17-23(36)25-5-2-7-27(40-25)29-9-3-8-28(41-29)26-6-1-4-24(39-26)22(35)16-42(37)18-10-12-20(32(46)47)30(44)14-18/h1-17,44-45H,35-38H2,(H,46,47)/b22-16-,23-17-. The highest BCUT2D eigenvalue weighted by Crippen LogP contribution is 2.27. The first-order chi connectivity index (χ1) is 23.4. The van der Waals surface area contributed by atoms with E-state index < -0.39 is 23.4 Å². The minimum absolute atomic E-state index is 0.158. The molecule has 15 nitrogen and oxygen atoms in total. The number of hydrogen-bond acceptors (Lipinski definition) is 14. The van der Waals surface area contributed by atoms with Gasteiger partial charge in [-0.15, -0.1) is 0 Å². The fourth-order valence-corrected chi connectivity index (χ4v) is 4.53. The fraction of sp³-hybridized carbons (Fsp3) is 0. The number of carboxylic acids is 1. The lowest BCUT2D eigenvalue weighted by Gasteiger charge is -2.16. The Morgan fingerprint density at radius 1 is 0.653 bits per heavy atom. The lowest BCUT2D eigenvalue weighted by molar-refractivity contribution is -0.0789. The van der Waals surface area contributed by atoms with E-state index >= 15 is 0 Å². The average Bonchev–Trinajstić information content (AvgIpc) is 3.11. The van der Waals surface area contributed by atoms with Crippen LogP contribution in [0.15, 0.2) is 103 Å². The Hall–Kier alpha value is -7.04. The number of halogens is 1. The van der Waals surface area contributed by atoms with Gasteiger partial charge in [-0.05, 0) is 60.7 Å². The first kappa shape index (κ1) is 33.3. The molecular formula is C33H28FN9O6. The summed E-state index contributed by atoms with van der Waals surface area (Å²) in [5, 5.41) is 31.4. The molecule has 0 spiro atoms. The van der Waals surface area contributed by atoms with Gasteiger partial charge in [0.15, 0.2) is 0 Å². The van der Waals surface area contributed by atoms with Crippen molar-refractivity contribution in [2.45, 2.75) is 0 Å². The lowest BCUT2D eigenvalue weighted by atomic mass is 10.1. The molecule has 0 atom stereocenters. The van der Waals surface area contributed by atoms with Crippen LogP contribution in [-0.4, -0.2) is 42.2 Å². The Kier molecular flexibility index (Phi) is 9.63. The van der Waals surface area contributed by atoms with E-state index in [9.17, 15) is 24.3 Å². The highest BCUT2D eigenvalue weighted by molar-refractivity contribution is 5.93. The summed E-state index contributed by atoms with van der Waals surface area (Å²) in [4.78, 5) is 39.7. The predicted octanol–water partition coefficient (Wildman–Crippen LogP) is 3.63. The monoisotopic (exact) mass is 665 g/mol. The Morgan fingerprint density at radius 3 is 1.47 bits per heavy atom. The summed E-state index contributed by atoms with van der Waals surface area (Å²) in [6.07, 6.45) is 2.73. The number of aromatic carboxylic acids is 1. The van der Waals surface area contributed by atoms with E-state index in [0.717, 1.165) is 22.2 Å². The van der Waals surface area contributed by atoms with Crippen molar-refractivity contribution in [3.8, 4) is 34.3 Å².